The second-order valence-electron chi connectivity index (χ2n) is 6.69. The third-order valence-corrected chi connectivity index (χ3v) is 5.19. The lowest BCUT2D eigenvalue weighted by Gasteiger charge is -2.19. The van der Waals surface area contributed by atoms with Gasteiger partial charge in [-0.15, -0.1) is 0 Å². The number of hydrogen-bond acceptors (Lipinski definition) is 3. The van der Waals surface area contributed by atoms with Crippen molar-refractivity contribution in [1.29, 1.82) is 0 Å². The van der Waals surface area contributed by atoms with Gasteiger partial charge in [0, 0.05) is 18.0 Å². The highest BCUT2D eigenvalue weighted by Gasteiger charge is 2.31. The lowest BCUT2D eigenvalue weighted by Crippen LogP contribution is -2.12. The molecular formula is C20H22ClF3N4. The number of nitrogens with zero attached hydrogens (tertiary/aromatic N) is 4. The zero-order chi connectivity index (χ0) is 20.5. The first kappa shape index (κ1) is 20.6. The molecule has 0 aliphatic carbocycles. The number of imidazole rings is 1. The Kier molecular flexibility index (Phi) is 5.93. The zero-order valence-corrected chi connectivity index (χ0v) is 16.8. The summed E-state index contributed by atoms with van der Waals surface area (Å²) in [6.45, 7) is 6.28. The molecule has 1 atom stereocenters. The van der Waals surface area contributed by atoms with Crippen LogP contribution in [0.4, 0.5) is 13.2 Å². The van der Waals surface area contributed by atoms with Crippen molar-refractivity contribution < 1.29 is 13.2 Å². The van der Waals surface area contributed by atoms with Crippen LogP contribution in [0.1, 0.15) is 57.5 Å². The van der Waals surface area contributed by atoms with Crippen LogP contribution < -0.4 is 0 Å². The van der Waals surface area contributed by atoms with Crippen molar-refractivity contribution in [3.05, 3.63) is 40.9 Å². The van der Waals surface area contributed by atoms with E-state index in [0.29, 0.717) is 22.4 Å². The average Bonchev–Trinajstić information content (AvgIpc) is 3.04. The van der Waals surface area contributed by atoms with Gasteiger partial charge in [-0.3, -0.25) is 0 Å². The maximum Gasteiger partial charge on any atom is 0.416 e. The Labute approximate surface area is 166 Å². The first-order valence-corrected chi connectivity index (χ1v) is 9.78. The third kappa shape index (κ3) is 3.72. The average molecular weight is 411 g/mol. The molecule has 0 fully saturated rings. The monoisotopic (exact) mass is 410 g/mol. The predicted octanol–water partition coefficient (Wildman–Crippen LogP) is 6.48. The van der Waals surface area contributed by atoms with E-state index in [-0.39, 0.29) is 11.1 Å². The molecule has 2 heterocycles. The number of aryl methyl sites for hydroxylation is 1. The number of alkyl halides is 3. The lowest BCUT2D eigenvalue weighted by atomic mass is 10.1. The van der Waals surface area contributed by atoms with E-state index in [1.54, 1.807) is 0 Å². The summed E-state index contributed by atoms with van der Waals surface area (Å²) in [5, 5.41) is -0.0111. The summed E-state index contributed by atoms with van der Waals surface area (Å²) < 4.78 is 41.0. The summed E-state index contributed by atoms with van der Waals surface area (Å²) in [6.07, 6.45) is 0.652. The van der Waals surface area contributed by atoms with Crippen LogP contribution >= 0.6 is 11.6 Å². The highest BCUT2D eigenvalue weighted by atomic mass is 35.5. The summed E-state index contributed by atoms with van der Waals surface area (Å²) in [5.41, 5.74) is 1.33. The molecule has 0 bridgehead atoms. The standard InChI is InChI=1S/C20H22ClF3N4/c1-4-7-13(5-2)28-16(6-3)27-18-17(25-11-26-19(18)28)14-9-8-12(10-15(14)21)20(22,23)24/h8-11,13H,4-7H2,1-3H3. The van der Waals surface area contributed by atoms with Crippen LogP contribution in [-0.4, -0.2) is 19.5 Å². The number of fused-ring (bicyclic) bond motifs is 1. The van der Waals surface area contributed by atoms with E-state index in [1.807, 2.05) is 6.92 Å². The Bertz CT molecular complexity index is 981. The minimum atomic E-state index is -4.45. The maximum absolute atomic E-state index is 13.0. The van der Waals surface area contributed by atoms with E-state index >= 15 is 0 Å². The van der Waals surface area contributed by atoms with E-state index in [9.17, 15) is 13.2 Å². The van der Waals surface area contributed by atoms with E-state index in [0.717, 1.165) is 43.6 Å². The van der Waals surface area contributed by atoms with Crippen molar-refractivity contribution in [3.63, 3.8) is 0 Å². The van der Waals surface area contributed by atoms with Crippen LogP contribution in [0, 0.1) is 0 Å². The molecule has 28 heavy (non-hydrogen) atoms. The maximum atomic E-state index is 13.0. The van der Waals surface area contributed by atoms with Crippen LogP contribution in [0.25, 0.3) is 22.4 Å². The Hall–Kier alpha value is -2.15. The molecule has 0 spiro atoms. The number of benzene rings is 1. The van der Waals surface area contributed by atoms with Gasteiger partial charge in [0.1, 0.15) is 23.4 Å². The van der Waals surface area contributed by atoms with Crippen LogP contribution in [0.15, 0.2) is 24.5 Å². The van der Waals surface area contributed by atoms with Crippen LogP contribution in [0.3, 0.4) is 0 Å². The highest BCUT2D eigenvalue weighted by molar-refractivity contribution is 6.33. The van der Waals surface area contributed by atoms with Gasteiger partial charge in [0.05, 0.1) is 10.6 Å². The quantitative estimate of drug-likeness (QED) is 0.467. The molecule has 0 amide bonds. The Morgan fingerprint density at radius 2 is 1.89 bits per heavy atom. The molecule has 1 aromatic carbocycles. The van der Waals surface area contributed by atoms with E-state index < -0.39 is 11.7 Å². The first-order chi connectivity index (χ1) is 13.3. The molecule has 0 aliphatic rings. The van der Waals surface area contributed by atoms with Gasteiger partial charge in [-0.2, -0.15) is 13.2 Å². The molecule has 0 saturated heterocycles. The lowest BCUT2D eigenvalue weighted by molar-refractivity contribution is -0.137. The SMILES string of the molecule is CCCC(CC)n1c(CC)nc2c(-c3ccc(C(F)(F)F)cc3Cl)ncnc21. The fourth-order valence-electron chi connectivity index (χ4n) is 3.52. The van der Waals surface area contributed by atoms with Crippen molar-refractivity contribution in [2.45, 2.75) is 58.7 Å². The fraction of sp³-hybridized carbons (Fsp3) is 0.450. The van der Waals surface area contributed by atoms with Gasteiger partial charge in [-0.1, -0.05) is 44.9 Å². The molecule has 8 heteroatoms. The molecule has 0 radical (unpaired) electrons. The summed E-state index contributed by atoms with van der Waals surface area (Å²) in [7, 11) is 0. The summed E-state index contributed by atoms with van der Waals surface area (Å²) in [5.74, 6) is 0.889. The minimum absolute atomic E-state index is 0.0111. The van der Waals surface area contributed by atoms with Gasteiger partial charge >= 0.3 is 6.18 Å². The molecule has 2 aromatic heterocycles. The Balaban J connectivity index is 2.20. The molecule has 0 saturated carbocycles. The smallest absolute Gasteiger partial charge is 0.309 e. The molecule has 4 nitrogen and oxygen atoms in total. The minimum Gasteiger partial charge on any atom is -0.309 e. The van der Waals surface area contributed by atoms with E-state index in [4.69, 9.17) is 16.6 Å². The van der Waals surface area contributed by atoms with Gasteiger partial charge < -0.3 is 4.57 Å². The molecule has 0 aliphatic heterocycles. The first-order valence-electron chi connectivity index (χ1n) is 9.40. The number of rotatable bonds is 6. The van der Waals surface area contributed by atoms with Crippen LogP contribution in [-0.2, 0) is 12.6 Å². The molecule has 0 N–H and O–H groups in total. The Morgan fingerprint density at radius 1 is 1.14 bits per heavy atom. The van der Waals surface area contributed by atoms with Crippen molar-refractivity contribution >= 4 is 22.8 Å². The second kappa shape index (κ2) is 8.07. The molecule has 3 aromatic rings. The van der Waals surface area contributed by atoms with Gasteiger partial charge in [0.25, 0.3) is 0 Å². The van der Waals surface area contributed by atoms with Crippen molar-refractivity contribution in [1.82, 2.24) is 19.5 Å². The molecule has 3 rings (SSSR count). The Morgan fingerprint density at radius 3 is 2.46 bits per heavy atom. The van der Waals surface area contributed by atoms with Gasteiger partial charge in [0.2, 0.25) is 0 Å². The van der Waals surface area contributed by atoms with Crippen LogP contribution in [0.2, 0.25) is 5.02 Å². The van der Waals surface area contributed by atoms with Crippen LogP contribution in [0.5, 0.6) is 0 Å². The summed E-state index contributed by atoms with van der Waals surface area (Å²) in [6, 6.07) is 3.55. The van der Waals surface area contributed by atoms with Gasteiger partial charge in [-0.05, 0) is 25.0 Å². The van der Waals surface area contributed by atoms with E-state index in [1.165, 1.54) is 12.4 Å². The number of hydrogen-bond donors (Lipinski definition) is 0. The second-order valence-corrected chi connectivity index (χ2v) is 7.10. The zero-order valence-electron chi connectivity index (χ0n) is 16.0. The number of halogens is 4. The molecule has 150 valence electrons. The third-order valence-electron chi connectivity index (χ3n) is 4.88. The molecule has 1 unspecified atom stereocenters. The fourth-order valence-corrected chi connectivity index (χ4v) is 3.79. The van der Waals surface area contributed by atoms with Crippen molar-refractivity contribution in [3.8, 4) is 11.3 Å². The largest absolute Gasteiger partial charge is 0.416 e. The normalized spacial score (nSPS) is 13.2. The number of aromatic nitrogens is 4. The molecular weight excluding hydrogens is 389 g/mol. The highest BCUT2D eigenvalue weighted by Crippen LogP contribution is 2.37. The van der Waals surface area contributed by atoms with Gasteiger partial charge in [-0.25, -0.2) is 15.0 Å². The topological polar surface area (TPSA) is 43.6 Å². The van der Waals surface area contributed by atoms with Crippen molar-refractivity contribution in [2.24, 2.45) is 0 Å². The van der Waals surface area contributed by atoms with Gasteiger partial charge in [0.15, 0.2) is 5.65 Å². The predicted molar refractivity (Wildman–Crippen MR) is 104 cm³/mol. The summed E-state index contributed by atoms with van der Waals surface area (Å²) in [4.78, 5) is 13.5. The summed E-state index contributed by atoms with van der Waals surface area (Å²) >= 11 is 6.20. The van der Waals surface area contributed by atoms with Crippen molar-refractivity contribution in [2.75, 3.05) is 0 Å². The van der Waals surface area contributed by atoms with E-state index in [2.05, 4.69) is 28.4 Å².